The Morgan fingerprint density at radius 2 is 2.43 bits per heavy atom. The lowest BCUT2D eigenvalue weighted by Gasteiger charge is -2.02. The Hall–Kier alpha value is -0.880. The second kappa shape index (κ2) is 3.36. The van der Waals surface area contributed by atoms with E-state index in [4.69, 9.17) is 10.2 Å². The van der Waals surface area contributed by atoms with E-state index in [0.717, 1.165) is 0 Å². The van der Waals surface area contributed by atoms with E-state index in [1.54, 1.807) is 0 Å². The van der Waals surface area contributed by atoms with Crippen LogP contribution in [0.1, 0.15) is 29.7 Å². The van der Waals surface area contributed by atoms with Crippen molar-refractivity contribution in [2.24, 2.45) is 5.73 Å². The van der Waals surface area contributed by atoms with Crippen molar-refractivity contribution in [1.82, 2.24) is 4.98 Å². The van der Waals surface area contributed by atoms with Gasteiger partial charge in [-0.05, 0) is 12.8 Å². The van der Waals surface area contributed by atoms with E-state index in [1.165, 1.54) is 6.26 Å². The molecule has 6 heteroatoms. The summed E-state index contributed by atoms with van der Waals surface area (Å²) in [6.07, 6.45) is 2.71. The molecule has 1 fully saturated rings. The predicted octanol–water partition coefficient (Wildman–Crippen LogP) is 0.383. The van der Waals surface area contributed by atoms with Gasteiger partial charge in [0.2, 0.25) is 5.89 Å². The molecular weight excluding hydrogens is 204 g/mol. The number of nitrogens with two attached hydrogens (primary N) is 1. The highest BCUT2D eigenvalue weighted by Gasteiger charge is 2.36. The molecule has 0 saturated carbocycles. The zero-order chi connectivity index (χ0) is 10.2. The first-order valence-electron chi connectivity index (χ1n) is 4.49. The van der Waals surface area contributed by atoms with Crippen LogP contribution in [0.5, 0.6) is 0 Å². The summed E-state index contributed by atoms with van der Waals surface area (Å²) in [6, 6.07) is 0. The van der Waals surface area contributed by atoms with Crippen LogP contribution in [-0.4, -0.2) is 19.2 Å². The fourth-order valence-corrected chi connectivity index (χ4v) is 3.43. The van der Waals surface area contributed by atoms with E-state index in [1.807, 2.05) is 0 Å². The fraction of sp³-hybridized carbons (Fsp3) is 0.625. The Morgan fingerprint density at radius 3 is 2.93 bits per heavy atom. The van der Waals surface area contributed by atoms with Crippen LogP contribution < -0.4 is 5.73 Å². The van der Waals surface area contributed by atoms with Gasteiger partial charge in [-0.25, -0.2) is 13.4 Å². The molecule has 1 saturated heterocycles. The molecule has 0 spiro atoms. The molecule has 5 nitrogen and oxygen atoms in total. The highest BCUT2D eigenvalue weighted by atomic mass is 32.2. The number of hydrogen-bond acceptors (Lipinski definition) is 5. The van der Waals surface area contributed by atoms with Gasteiger partial charge in [0, 0.05) is 6.54 Å². The average molecular weight is 216 g/mol. The second-order valence-corrected chi connectivity index (χ2v) is 5.68. The summed E-state index contributed by atoms with van der Waals surface area (Å²) in [5.41, 5.74) is 5.96. The molecule has 2 rings (SSSR count). The molecule has 0 bridgehead atoms. The number of sulfone groups is 1. The van der Waals surface area contributed by atoms with E-state index in [0.29, 0.717) is 24.4 Å². The Bertz CT molecular complexity index is 424. The highest BCUT2D eigenvalue weighted by Crippen LogP contribution is 2.33. The number of hydrogen-bond donors (Lipinski definition) is 1. The Kier molecular flexibility index (Phi) is 2.32. The van der Waals surface area contributed by atoms with Crippen molar-refractivity contribution in [3.8, 4) is 0 Å². The van der Waals surface area contributed by atoms with Crippen LogP contribution in [0.4, 0.5) is 0 Å². The third-order valence-electron chi connectivity index (χ3n) is 2.38. The smallest absolute Gasteiger partial charge is 0.212 e. The normalized spacial score (nSPS) is 25.4. The van der Waals surface area contributed by atoms with E-state index in [9.17, 15) is 8.42 Å². The van der Waals surface area contributed by atoms with Gasteiger partial charge < -0.3 is 10.2 Å². The number of oxazole rings is 1. The summed E-state index contributed by atoms with van der Waals surface area (Å²) in [5.74, 6) is 0.529. The molecule has 14 heavy (non-hydrogen) atoms. The fourth-order valence-electron chi connectivity index (χ4n) is 1.63. The molecule has 0 radical (unpaired) electrons. The van der Waals surface area contributed by atoms with Gasteiger partial charge in [0.05, 0.1) is 11.4 Å². The predicted molar refractivity (Wildman–Crippen MR) is 50.2 cm³/mol. The van der Waals surface area contributed by atoms with Gasteiger partial charge in [-0.15, -0.1) is 0 Å². The topological polar surface area (TPSA) is 86.2 Å². The summed E-state index contributed by atoms with van der Waals surface area (Å²) in [7, 11) is -3.03. The minimum absolute atomic E-state index is 0.234. The van der Waals surface area contributed by atoms with Crippen LogP contribution in [0.2, 0.25) is 0 Å². The highest BCUT2D eigenvalue weighted by molar-refractivity contribution is 7.91. The van der Waals surface area contributed by atoms with Gasteiger partial charge >= 0.3 is 0 Å². The van der Waals surface area contributed by atoms with Crippen molar-refractivity contribution in [2.45, 2.75) is 24.6 Å². The summed E-state index contributed by atoms with van der Waals surface area (Å²) >= 11 is 0. The summed E-state index contributed by atoms with van der Waals surface area (Å²) in [6.45, 7) is 0.274. The van der Waals surface area contributed by atoms with Gasteiger partial charge in [0.1, 0.15) is 11.5 Å². The molecule has 0 aliphatic carbocycles. The van der Waals surface area contributed by atoms with Crippen molar-refractivity contribution in [2.75, 3.05) is 5.75 Å². The van der Waals surface area contributed by atoms with Crippen molar-refractivity contribution in [3.63, 3.8) is 0 Å². The molecule has 0 amide bonds. The summed E-state index contributed by atoms with van der Waals surface area (Å²) in [5, 5.41) is -0.553. The Labute approximate surface area is 82.2 Å². The quantitative estimate of drug-likeness (QED) is 0.772. The second-order valence-electron chi connectivity index (χ2n) is 3.38. The molecule has 1 atom stereocenters. The van der Waals surface area contributed by atoms with Gasteiger partial charge in [-0.3, -0.25) is 0 Å². The molecule has 1 unspecified atom stereocenters. The van der Waals surface area contributed by atoms with E-state index in [2.05, 4.69) is 4.98 Å². The van der Waals surface area contributed by atoms with E-state index >= 15 is 0 Å². The minimum Gasteiger partial charge on any atom is -0.447 e. The molecule has 1 aliphatic heterocycles. The van der Waals surface area contributed by atoms with Crippen molar-refractivity contribution >= 4 is 9.84 Å². The van der Waals surface area contributed by atoms with Gasteiger partial charge in [0.15, 0.2) is 9.84 Å². The van der Waals surface area contributed by atoms with Crippen LogP contribution in [0.15, 0.2) is 10.7 Å². The van der Waals surface area contributed by atoms with Crippen LogP contribution >= 0.6 is 0 Å². The lowest BCUT2D eigenvalue weighted by atomic mass is 10.2. The monoisotopic (exact) mass is 216 g/mol. The van der Waals surface area contributed by atoms with E-state index < -0.39 is 15.1 Å². The first-order valence-corrected chi connectivity index (χ1v) is 6.21. The number of rotatable bonds is 2. The maximum Gasteiger partial charge on any atom is 0.212 e. The molecule has 1 aliphatic rings. The molecule has 0 aromatic carbocycles. The molecule has 78 valence electrons. The lowest BCUT2D eigenvalue weighted by Crippen LogP contribution is -2.08. The zero-order valence-corrected chi connectivity index (χ0v) is 8.46. The molecular formula is C8H12N2O3S. The summed E-state index contributed by atoms with van der Waals surface area (Å²) < 4.78 is 28.2. The van der Waals surface area contributed by atoms with Crippen LogP contribution in [0.25, 0.3) is 0 Å². The SMILES string of the molecule is NCc1coc(C2CCCS2(=O)=O)n1. The van der Waals surface area contributed by atoms with Crippen molar-refractivity contribution < 1.29 is 12.8 Å². The number of nitrogens with zero attached hydrogens (tertiary/aromatic N) is 1. The molecule has 2 heterocycles. The third kappa shape index (κ3) is 1.55. The van der Waals surface area contributed by atoms with E-state index in [-0.39, 0.29) is 12.3 Å². The number of aromatic nitrogens is 1. The molecule has 1 aromatic rings. The zero-order valence-electron chi connectivity index (χ0n) is 7.64. The lowest BCUT2D eigenvalue weighted by molar-refractivity contribution is 0.476. The molecule has 1 aromatic heterocycles. The van der Waals surface area contributed by atoms with Gasteiger partial charge in [-0.1, -0.05) is 0 Å². The van der Waals surface area contributed by atoms with Crippen molar-refractivity contribution in [1.29, 1.82) is 0 Å². The minimum atomic E-state index is -3.03. The Balaban J connectivity index is 2.31. The van der Waals surface area contributed by atoms with Crippen molar-refractivity contribution in [3.05, 3.63) is 17.8 Å². The molecule has 2 N–H and O–H groups in total. The maximum absolute atomic E-state index is 11.5. The van der Waals surface area contributed by atoms with Crippen LogP contribution in [-0.2, 0) is 16.4 Å². The standard InChI is InChI=1S/C8H12N2O3S/c9-4-6-5-13-8(10-6)7-2-1-3-14(7,11)12/h5,7H,1-4,9H2. The Morgan fingerprint density at radius 1 is 1.64 bits per heavy atom. The third-order valence-corrected chi connectivity index (χ3v) is 4.54. The van der Waals surface area contributed by atoms with Gasteiger partial charge in [-0.2, -0.15) is 0 Å². The first-order chi connectivity index (χ1) is 6.63. The van der Waals surface area contributed by atoms with Gasteiger partial charge in [0.25, 0.3) is 0 Å². The van der Waals surface area contributed by atoms with Crippen LogP contribution in [0.3, 0.4) is 0 Å². The summed E-state index contributed by atoms with van der Waals surface area (Å²) in [4.78, 5) is 4.04. The largest absolute Gasteiger partial charge is 0.447 e. The average Bonchev–Trinajstić information content (AvgIpc) is 2.70. The first kappa shape index (κ1) is 9.67. The maximum atomic E-state index is 11.5. The van der Waals surface area contributed by atoms with Crippen LogP contribution in [0, 0.1) is 0 Å².